The monoisotopic (exact) mass is 773 g/mol. The minimum absolute atomic E-state index is 0.230. The number of anilines is 3. The fraction of sp³-hybridized carbons (Fsp3) is 0.0588. The van der Waals surface area contributed by atoms with Gasteiger partial charge in [0, 0.05) is 53.2 Å². The first-order valence-corrected chi connectivity index (χ1v) is 21.1. The molecule has 2 aliphatic heterocycles. The van der Waals surface area contributed by atoms with E-state index in [0.29, 0.717) is 0 Å². The maximum absolute atomic E-state index is 6.93. The molecular weight excluding hydrogens is 742 g/mol. The predicted octanol–water partition coefficient (Wildman–Crippen LogP) is 14.9. The number of nitrogens with zero attached hydrogens (tertiary/aromatic N) is 1. The van der Waals surface area contributed by atoms with Gasteiger partial charge in [-0.1, -0.05) is 126 Å². The van der Waals surface area contributed by atoms with E-state index >= 15 is 0 Å². The molecule has 5 heteroatoms. The number of fused-ring (bicyclic) bond motifs is 13. The maximum Gasteiger partial charge on any atom is 0.137 e. The van der Waals surface area contributed by atoms with Crippen LogP contribution < -0.4 is 4.90 Å². The number of rotatable bonds is 4. The molecule has 266 valence electrons. The molecule has 3 heterocycles. The number of benzene rings is 8. The van der Waals surface area contributed by atoms with Crippen molar-refractivity contribution in [1.29, 1.82) is 0 Å². The molecule has 56 heavy (non-hydrogen) atoms. The van der Waals surface area contributed by atoms with Crippen LogP contribution in [0.4, 0.5) is 17.1 Å². The van der Waals surface area contributed by atoms with Crippen LogP contribution in [0, 0.1) is 0 Å². The van der Waals surface area contributed by atoms with Crippen LogP contribution in [0.15, 0.2) is 195 Å². The average Bonchev–Trinajstić information content (AvgIpc) is 3.92. The van der Waals surface area contributed by atoms with Crippen molar-refractivity contribution in [2.75, 3.05) is 4.90 Å². The molecule has 1 aliphatic carbocycles. The van der Waals surface area contributed by atoms with Crippen LogP contribution in [0.3, 0.4) is 0 Å². The van der Waals surface area contributed by atoms with Crippen LogP contribution in [0.2, 0.25) is 5.02 Å². The number of hydrogen-bond acceptors (Lipinski definition) is 4. The summed E-state index contributed by atoms with van der Waals surface area (Å²) < 4.78 is 6.64. The minimum Gasteiger partial charge on any atom is -0.456 e. The Morgan fingerprint density at radius 3 is 1.98 bits per heavy atom. The summed E-state index contributed by atoms with van der Waals surface area (Å²) in [5.74, 6) is 0. The molecule has 8 aromatic carbocycles. The van der Waals surface area contributed by atoms with Crippen molar-refractivity contribution in [3.8, 4) is 11.1 Å². The second-order valence-electron chi connectivity index (χ2n) is 14.9. The van der Waals surface area contributed by atoms with E-state index in [9.17, 15) is 0 Å². The van der Waals surface area contributed by atoms with Gasteiger partial charge in [-0.2, -0.15) is 0 Å². The Balaban J connectivity index is 1.15. The highest BCUT2D eigenvalue weighted by atomic mass is 35.5. The zero-order valence-electron chi connectivity index (χ0n) is 30.1. The van der Waals surface area contributed by atoms with E-state index in [2.05, 4.69) is 175 Å². The summed E-state index contributed by atoms with van der Waals surface area (Å²) in [6, 6.07) is 64.2. The first-order valence-electron chi connectivity index (χ1n) is 19.0. The van der Waals surface area contributed by atoms with E-state index in [1.165, 1.54) is 59.2 Å². The van der Waals surface area contributed by atoms with Crippen LogP contribution in [-0.2, 0) is 11.8 Å². The van der Waals surface area contributed by atoms with Gasteiger partial charge in [0.25, 0.3) is 0 Å². The lowest BCUT2D eigenvalue weighted by atomic mass is 9.67. The number of hydrogen-bond donors (Lipinski definition) is 0. The molecule has 1 unspecified atom stereocenters. The van der Waals surface area contributed by atoms with Crippen LogP contribution in [0.5, 0.6) is 0 Å². The molecule has 9 aromatic rings. The van der Waals surface area contributed by atoms with Crippen LogP contribution in [0.1, 0.15) is 38.6 Å². The minimum atomic E-state index is -0.555. The smallest absolute Gasteiger partial charge is 0.137 e. The summed E-state index contributed by atoms with van der Waals surface area (Å²) in [5, 5.41) is 3.27. The number of para-hydroxylation sites is 2. The molecule has 0 radical (unpaired) electrons. The average molecular weight is 774 g/mol. The summed E-state index contributed by atoms with van der Waals surface area (Å²) in [6.07, 6.45) is 0.965. The molecule has 0 N–H and O–H groups in total. The Kier molecular flexibility index (Phi) is 7.23. The van der Waals surface area contributed by atoms with E-state index in [1.807, 2.05) is 29.6 Å². The molecule has 0 bridgehead atoms. The van der Waals surface area contributed by atoms with Gasteiger partial charge in [-0.15, -0.1) is 11.8 Å². The zero-order chi connectivity index (χ0) is 37.0. The van der Waals surface area contributed by atoms with Gasteiger partial charge in [0.2, 0.25) is 0 Å². The number of furan rings is 1. The summed E-state index contributed by atoms with van der Waals surface area (Å²) in [6.45, 7) is 0. The third-order valence-corrected chi connectivity index (χ3v) is 14.7. The fourth-order valence-electron chi connectivity index (χ4n) is 9.59. The first-order chi connectivity index (χ1) is 27.6. The van der Waals surface area contributed by atoms with Gasteiger partial charge in [0.05, 0.1) is 11.1 Å². The normalized spacial score (nSPS) is 15.7. The Hall–Kier alpha value is -5.65. The maximum atomic E-state index is 6.93. The van der Waals surface area contributed by atoms with Crippen molar-refractivity contribution < 1.29 is 4.42 Å². The molecule has 0 saturated heterocycles. The molecule has 2 nitrogen and oxygen atoms in total. The van der Waals surface area contributed by atoms with E-state index in [-0.39, 0.29) is 5.25 Å². The van der Waals surface area contributed by atoms with Crippen LogP contribution in [-0.4, -0.2) is 0 Å². The molecule has 0 amide bonds. The van der Waals surface area contributed by atoms with E-state index < -0.39 is 5.41 Å². The molecule has 1 aromatic heterocycles. The third kappa shape index (κ3) is 4.67. The summed E-state index contributed by atoms with van der Waals surface area (Å²) in [7, 11) is 0. The van der Waals surface area contributed by atoms with Crippen molar-refractivity contribution in [2.24, 2.45) is 0 Å². The first kappa shape index (κ1) is 32.6. The highest BCUT2D eigenvalue weighted by molar-refractivity contribution is 8.00. The topological polar surface area (TPSA) is 16.4 Å². The van der Waals surface area contributed by atoms with Crippen molar-refractivity contribution >= 4 is 74.1 Å². The van der Waals surface area contributed by atoms with E-state index in [4.69, 9.17) is 16.0 Å². The Morgan fingerprint density at radius 2 is 1.20 bits per heavy atom. The van der Waals surface area contributed by atoms with Gasteiger partial charge in [-0.3, -0.25) is 0 Å². The van der Waals surface area contributed by atoms with Gasteiger partial charge in [0.1, 0.15) is 11.2 Å². The second kappa shape index (κ2) is 12.4. The zero-order valence-corrected chi connectivity index (χ0v) is 32.5. The summed E-state index contributed by atoms with van der Waals surface area (Å²) >= 11 is 10.8. The van der Waals surface area contributed by atoms with Crippen LogP contribution >= 0.6 is 35.1 Å². The highest BCUT2D eigenvalue weighted by Gasteiger charge is 2.50. The van der Waals surface area contributed by atoms with Crippen molar-refractivity contribution in [1.82, 2.24) is 0 Å². The Bertz CT molecular complexity index is 2990. The predicted molar refractivity (Wildman–Crippen MR) is 234 cm³/mol. The number of thioether (sulfide) groups is 1. The molecular formula is C51H32ClNOS2. The second-order valence-corrected chi connectivity index (χ2v) is 17.6. The highest BCUT2D eigenvalue weighted by Crippen LogP contribution is 2.63. The van der Waals surface area contributed by atoms with Gasteiger partial charge < -0.3 is 9.32 Å². The Morgan fingerprint density at radius 1 is 0.536 bits per heavy atom. The lowest BCUT2D eigenvalue weighted by molar-refractivity contribution is 0.669. The molecule has 3 aliphatic rings. The summed E-state index contributed by atoms with van der Waals surface area (Å²) in [5.41, 5.74) is 14.8. The molecule has 12 rings (SSSR count). The standard InChI is InChI=1S/C51H32ClNOS2/c52-32-22-24-35-36-25-23-34(28-43(36)51(42(35)27-32)40-16-6-10-20-48(40)56-49-21-11-7-17-41(49)51)53(33-13-2-1-3-14-33)44-30-46-38(37-15-5-8-18-45(37)54-46)29-39(44)50-26-31-12-4-9-19-47(31)55-50/h1-25,27-30,50H,26H2. The Labute approximate surface area is 338 Å². The molecule has 0 saturated carbocycles. The quantitative estimate of drug-likeness (QED) is 0.177. The number of halogens is 1. The SMILES string of the molecule is Clc1ccc2c(c1)C1(c3ccccc3Sc3ccccc31)c1cc(N(c3ccccc3)c3cc4oc5ccccc5c4cc3C3Cc4ccccc4S3)ccc1-2. The molecule has 0 fully saturated rings. The van der Waals surface area contributed by atoms with E-state index in [0.717, 1.165) is 50.4 Å². The van der Waals surface area contributed by atoms with Crippen LogP contribution in [0.25, 0.3) is 33.1 Å². The van der Waals surface area contributed by atoms with Crippen molar-refractivity contribution in [3.05, 3.63) is 214 Å². The lowest BCUT2D eigenvalue weighted by Gasteiger charge is -2.40. The van der Waals surface area contributed by atoms with Crippen molar-refractivity contribution in [2.45, 2.75) is 31.8 Å². The lowest BCUT2D eigenvalue weighted by Crippen LogP contribution is -2.32. The molecule has 1 spiro atoms. The third-order valence-electron chi connectivity index (χ3n) is 11.9. The summed E-state index contributed by atoms with van der Waals surface area (Å²) in [4.78, 5) is 6.36. The van der Waals surface area contributed by atoms with Gasteiger partial charge in [0.15, 0.2) is 0 Å². The van der Waals surface area contributed by atoms with E-state index in [1.54, 1.807) is 0 Å². The molecule has 1 atom stereocenters. The fourth-order valence-corrected chi connectivity index (χ4v) is 12.3. The van der Waals surface area contributed by atoms with Crippen molar-refractivity contribution in [3.63, 3.8) is 0 Å². The van der Waals surface area contributed by atoms with Gasteiger partial charge >= 0.3 is 0 Å². The largest absolute Gasteiger partial charge is 0.456 e. The van der Waals surface area contributed by atoms with Gasteiger partial charge in [-0.25, -0.2) is 0 Å². The van der Waals surface area contributed by atoms with Gasteiger partial charge in [-0.05, 0) is 118 Å².